The van der Waals surface area contributed by atoms with Gasteiger partial charge in [-0.25, -0.2) is 16.8 Å². The molecule has 0 heterocycles. The third-order valence-corrected chi connectivity index (χ3v) is 20.8. The fourth-order valence-corrected chi connectivity index (χ4v) is 14.0. The minimum absolute atomic E-state index is 0. The molecule has 9 heteroatoms. The molecule has 0 saturated carbocycles. The molecule has 0 fully saturated rings. The van der Waals surface area contributed by atoms with E-state index in [4.69, 9.17) is 0 Å². The van der Waals surface area contributed by atoms with Crippen molar-refractivity contribution >= 4 is 69.1 Å². The number of unbranched alkanes of at least 4 members (excludes halogenated alkanes) is 62. The van der Waals surface area contributed by atoms with Crippen LogP contribution in [-0.4, -0.2) is 74.8 Å². The molecule has 0 radical (unpaired) electrons. The summed E-state index contributed by atoms with van der Waals surface area (Å²) in [6, 6.07) is 12.8. The Morgan fingerprint density at radius 2 is 0.315 bits per heavy atom. The van der Waals surface area contributed by atoms with Crippen molar-refractivity contribution in [2.45, 2.75) is 447 Å². The van der Waals surface area contributed by atoms with Gasteiger partial charge in [-0.15, -0.1) is 0 Å². The van der Waals surface area contributed by atoms with Crippen LogP contribution in [0.1, 0.15) is 436 Å². The zero-order valence-corrected chi connectivity index (χ0v) is 65.3. The van der Waals surface area contributed by atoms with Gasteiger partial charge in [-0.2, -0.15) is 0 Å². The van der Waals surface area contributed by atoms with Gasteiger partial charge < -0.3 is 9.11 Å². The summed E-state index contributed by atoms with van der Waals surface area (Å²) in [5, 5.41) is 0. The zero-order chi connectivity index (χ0) is 63.6. The van der Waals surface area contributed by atoms with Gasteiger partial charge in [-0.05, 0) is 61.1 Å². The Morgan fingerprint density at radius 1 is 0.202 bits per heavy atom. The van der Waals surface area contributed by atoms with E-state index in [1.807, 2.05) is 0 Å². The van der Waals surface area contributed by atoms with E-state index in [9.17, 15) is 25.9 Å². The first-order valence-corrected chi connectivity index (χ1v) is 42.0. The molecule has 0 saturated heterocycles. The summed E-state index contributed by atoms with van der Waals surface area (Å²) in [6.07, 6.45) is 92.8. The smallest absolute Gasteiger partial charge is 0.744 e. The first-order chi connectivity index (χ1) is 43.1. The molecule has 2 aromatic carbocycles. The minimum Gasteiger partial charge on any atom is -0.744 e. The number of hydrogen-bond donors (Lipinski definition) is 0. The number of hydrogen-bond acceptors (Lipinski definition) is 6. The summed E-state index contributed by atoms with van der Waals surface area (Å²) in [4.78, 5) is -0.264. The molecule has 0 aliphatic heterocycles. The van der Waals surface area contributed by atoms with Crippen LogP contribution < -0.4 is 0 Å². The molecule has 0 bridgehead atoms. The molecule has 0 atom stereocenters. The molecule has 0 spiro atoms. The van der Waals surface area contributed by atoms with Crippen LogP contribution in [0.15, 0.2) is 58.3 Å². The Hall–Kier alpha value is -0.169. The van der Waals surface area contributed by atoms with Gasteiger partial charge in [0.2, 0.25) is 0 Å². The van der Waals surface area contributed by atoms with E-state index in [0.29, 0.717) is 0 Å². The summed E-state index contributed by atoms with van der Waals surface area (Å²) >= 11 is 0. The fourth-order valence-electron chi connectivity index (χ4n) is 13.1. The van der Waals surface area contributed by atoms with Gasteiger partial charge in [0.1, 0.15) is 20.2 Å². The van der Waals surface area contributed by atoms with Crippen LogP contribution >= 0.6 is 0 Å². The summed E-state index contributed by atoms with van der Waals surface area (Å²) in [5.41, 5.74) is 2.23. The van der Waals surface area contributed by atoms with Crippen molar-refractivity contribution in [2.24, 2.45) is 0 Å². The van der Waals surface area contributed by atoms with E-state index in [2.05, 4.69) is 13.8 Å². The van der Waals surface area contributed by atoms with Crippen LogP contribution in [0.3, 0.4) is 0 Å². The van der Waals surface area contributed by atoms with Crippen molar-refractivity contribution in [3.63, 3.8) is 0 Å². The normalized spacial score (nSPS) is 11.7. The second kappa shape index (κ2) is 69.2. The standard InChI is InChI=1S/2C40H74O3S.Ba/c2*1-2-3-4-5-6-7-8-9-10-11-12-13-14-15-16-17-18-19-20-21-22-23-24-25-26-27-28-29-30-31-32-33-34-39-35-37-40(38-36-39)44(41,42)43;/h2*35-38H,2-34H2,1H3,(H,41,42,43);/q;;+2/p-2. The van der Waals surface area contributed by atoms with Crippen molar-refractivity contribution < 1.29 is 25.9 Å². The predicted octanol–water partition coefficient (Wildman–Crippen LogP) is 26.9. The first-order valence-electron chi connectivity index (χ1n) is 39.2. The van der Waals surface area contributed by atoms with E-state index in [-0.39, 0.29) is 58.7 Å². The van der Waals surface area contributed by atoms with E-state index in [0.717, 1.165) is 36.8 Å². The average Bonchev–Trinajstić information content (AvgIpc) is 3.69. The van der Waals surface area contributed by atoms with Gasteiger partial charge in [0.25, 0.3) is 0 Å². The molecular formula is C80H146BaO6S2. The molecule has 0 N–H and O–H groups in total. The van der Waals surface area contributed by atoms with E-state index >= 15 is 0 Å². The molecule has 0 aliphatic carbocycles. The monoisotopic (exact) mass is 1400 g/mol. The minimum atomic E-state index is -4.33. The molecule has 2 rings (SSSR count). The van der Waals surface area contributed by atoms with Crippen LogP contribution in [0.4, 0.5) is 0 Å². The van der Waals surface area contributed by atoms with Crippen LogP contribution in [0.5, 0.6) is 0 Å². The van der Waals surface area contributed by atoms with Crippen LogP contribution in [-0.2, 0) is 33.1 Å². The third kappa shape index (κ3) is 64.9. The Kier molecular flexibility index (Phi) is 69.1. The van der Waals surface area contributed by atoms with Crippen LogP contribution in [0.25, 0.3) is 0 Å². The summed E-state index contributed by atoms with van der Waals surface area (Å²) in [5.74, 6) is 0. The first kappa shape index (κ1) is 88.8. The third-order valence-electron chi connectivity index (χ3n) is 19.1. The fraction of sp³-hybridized carbons (Fsp3) is 0.850. The van der Waals surface area contributed by atoms with Gasteiger partial charge in [-0.3, -0.25) is 0 Å². The molecule has 516 valence electrons. The van der Waals surface area contributed by atoms with Crippen molar-refractivity contribution in [3.8, 4) is 0 Å². The van der Waals surface area contributed by atoms with Gasteiger partial charge >= 0.3 is 48.9 Å². The summed E-state index contributed by atoms with van der Waals surface area (Å²) < 4.78 is 66.0. The molecule has 0 unspecified atom stereocenters. The van der Waals surface area contributed by atoms with Crippen molar-refractivity contribution in [1.29, 1.82) is 0 Å². The molecule has 0 aliphatic rings. The molecule has 6 nitrogen and oxygen atoms in total. The SMILES string of the molecule is CCCCCCCCCCCCCCCCCCCCCCCCCCCCCCCCCCc1ccc(S(=O)(=O)[O-])cc1.CCCCCCCCCCCCCCCCCCCCCCCCCCCCCCCCCCc1ccc(S(=O)(=O)[O-])cc1.[Ba+2]. The Balaban J connectivity index is 0.00000172. The number of rotatable bonds is 68. The number of aryl methyl sites for hydroxylation is 2. The molecule has 0 aromatic heterocycles. The maximum Gasteiger partial charge on any atom is 2.00 e. The Labute approximate surface area is 596 Å². The molecule has 2 aromatic rings. The summed E-state index contributed by atoms with van der Waals surface area (Å²) in [7, 11) is -8.66. The van der Waals surface area contributed by atoms with Crippen LogP contribution in [0.2, 0.25) is 0 Å². The van der Waals surface area contributed by atoms with Gasteiger partial charge in [0.05, 0.1) is 9.79 Å². The van der Waals surface area contributed by atoms with Crippen LogP contribution in [0, 0.1) is 0 Å². The summed E-state index contributed by atoms with van der Waals surface area (Å²) in [6.45, 7) is 4.60. The average molecular weight is 1410 g/mol. The zero-order valence-electron chi connectivity index (χ0n) is 59.3. The maximum atomic E-state index is 11.0. The van der Waals surface area contributed by atoms with Crippen molar-refractivity contribution in [3.05, 3.63) is 59.7 Å². The quantitative estimate of drug-likeness (QED) is 0.0370. The van der Waals surface area contributed by atoms with Gasteiger partial charge in [-0.1, -0.05) is 436 Å². The molecular weight excluding hydrogens is 1260 g/mol. The largest absolute Gasteiger partial charge is 2.00 e. The van der Waals surface area contributed by atoms with E-state index in [1.165, 1.54) is 422 Å². The topological polar surface area (TPSA) is 114 Å². The van der Waals surface area contributed by atoms with E-state index < -0.39 is 20.2 Å². The molecule has 0 amide bonds. The predicted molar refractivity (Wildman–Crippen MR) is 389 cm³/mol. The van der Waals surface area contributed by atoms with Gasteiger partial charge in [0.15, 0.2) is 0 Å². The maximum absolute atomic E-state index is 11.0. The second-order valence-electron chi connectivity index (χ2n) is 27.6. The molecule has 89 heavy (non-hydrogen) atoms. The second-order valence-corrected chi connectivity index (χ2v) is 30.4. The Bertz CT molecular complexity index is 1780. The Morgan fingerprint density at radius 3 is 0.427 bits per heavy atom. The van der Waals surface area contributed by atoms with Crippen molar-refractivity contribution in [1.82, 2.24) is 0 Å². The number of benzene rings is 2. The van der Waals surface area contributed by atoms with E-state index in [1.54, 1.807) is 24.3 Å². The van der Waals surface area contributed by atoms with Gasteiger partial charge in [0, 0.05) is 0 Å². The van der Waals surface area contributed by atoms with Crippen molar-refractivity contribution in [2.75, 3.05) is 0 Å².